The van der Waals surface area contributed by atoms with Crippen LogP contribution in [0.5, 0.6) is 0 Å². The molecule has 124 valence electrons. The highest BCUT2D eigenvalue weighted by Gasteiger charge is 2.08. The van der Waals surface area contributed by atoms with Gasteiger partial charge in [0.05, 0.1) is 6.21 Å². The van der Waals surface area contributed by atoms with Crippen molar-refractivity contribution in [1.29, 1.82) is 0 Å². The Morgan fingerprint density at radius 1 is 1.17 bits per heavy atom. The van der Waals surface area contributed by atoms with Gasteiger partial charge < -0.3 is 5.32 Å². The number of aromatic nitrogens is 1. The summed E-state index contributed by atoms with van der Waals surface area (Å²) in [5.41, 5.74) is 4.98. The highest BCUT2D eigenvalue weighted by molar-refractivity contribution is 14.1. The van der Waals surface area contributed by atoms with E-state index in [4.69, 9.17) is 0 Å². The first-order chi connectivity index (χ1) is 11.5. The molecular formula is C17H17IN4O2. The lowest BCUT2D eigenvalue weighted by Gasteiger charge is -2.08. The van der Waals surface area contributed by atoms with Gasteiger partial charge in [-0.05, 0) is 71.0 Å². The van der Waals surface area contributed by atoms with Gasteiger partial charge in [-0.15, -0.1) is 0 Å². The Morgan fingerprint density at radius 3 is 2.58 bits per heavy atom. The number of amides is 2. The Kier molecular flexibility index (Phi) is 6.86. The van der Waals surface area contributed by atoms with Gasteiger partial charge in [-0.2, -0.15) is 5.10 Å². The fraction of sp³-hybridized carbons (Fsp3) is 0.176. The number of nitrogens with one attached hydrogen (secondary N) is 2. The minimum atomic E-state index is -0.310. The Hall–Kier alpha value is -2.29. The molecule has 0 bridgehead atoms. The lowest BCUT2D eigenvalue weighted by Crippen LogP contribution is -2.20. The van der Waals surface area contributed by atoms with Crippen molar-refractivity contribution in [2.45, 2.75) is 19.8 Å². The van der Waals surface area contributed by atoms with Gasteiger partial charge in [0.2, 0.25) is 11.8 Å². The molecule has 7 heteroatoms. The zero-order chi connectivity index (χ0) is 17.4. The number of hydrogen-bond donors (Lipinski definition) is 2. The number of nitrogens with zero attached hydrogens (tertiary/aromatic N) is 2. The summed E-state index contributed by atoms with van der Waals surface area (Å²) >= 11 is 2.22. The predicted molar refractivity (Wildman–Crippen MR) is 102 cm³/mol. The average Bonchev–Trinajstić information content (AvgIpc) is 2.56. The Bertz CT molecular complexity index is 748. The van der Waals surface area contributed by atoms with Gasteiger partial charge in [0.15, 0.2) is 0 Å². The second-order valence-electron chi connectivity index (χ2n) is 5.08. The van der Waals surface area contributed by atoms with E-state index in [1.807, 2.05) is 25.1 Å². The van der Waals surface area contributed by atoms with Crippen molar-refractivity contribution in [3.63, 3.8) is 0 Å². The molecule has 0 saturated carbocycles. The van der Waals surface area contributed by atoms with Crippen LogP contribution < -0.4 is 10.7 Å². The molecule has 0 aliphatic carbocycles. The topological polar surface area (TPSA) is 83.5 Å². The number of aryl methyl sites for hydroxylation is 1. The summed E-state index contributed by atoms with van der Waals surface area (Å²) in [6.07, 6.45) is 4.97. The van der Waals surface area contributed by atoms with Crippen molar-refractivity contribution in [2.24, 2.45) is 5.10 Å². The van der Waals surface area contributed by atoms with Crippen LogP contribution in [-0.4, -0.2) is 23.0 Å². The van der Waals surface area contributed by atoms with E-state index in [1.165, 1.54) is 6.21 Å². The quantitative estimate of drug-likeness (QED) is 0.415. The summed E-state index contributed by atoms with van der Waals surface area (Å²) < 4.78 is 1.11. The van der Waals surface area contributed by atoms with E-state index in [0.29, 0.717) is 0 Å². The third kappa shape index (κ3) is 6.07. The summed E-state index contributed by atoms with van der Waals surface area (Å²) in [7, 11) is 0. The van der Waals surface area contributed by atoms with Crippen molar-refractivity contribution in [3.05, 3.63) is 57.4 Å². The summed E-state index contributed by atoms with van der Waals surface area (Å²) in [5, 5.41) is 6.65. The second-order valence-corrected chi connectivity index (χ2v) is 6.33. The number of halogens is 1. The average molecular weight is 436 g/mol. The van der Waals surface area contributed by atoms with E-state index in [2.05, 4.69) is 43.4 Å². The van der Waals surface area contributed by atoms with E-state index < -0.39 is 0 Å². The van der Waals surface area contributed by atoms with Gasteiger partial charge >= 0.3 is 0 Å². The third-order valence-corrected chi connectivity index (χ3v) is 3.82. The van der Waals surface area contributed by atoms with Crippen LogP contribution in [0.4, 0.5) is 5.69 Å². The number of rotatable bonds is 6. The molecule has 2 N–H and O–H groups in total. The zero-order valence-electron chi connectivity index (χ0n) is 13.1. The molecule has 1 heterocycles. The normalized spacial score (nSPS) is 10.6. The van der Waals surface area contributed by atoms with Crippen LogP contribution in [-0.2, 0) is 9.59 Å². The molecule has 0 saturated heterocycles. The van der Waals surface area contributed by atoms with Gasteiger partial charge in [0.1, 0.15) is 0 Å². The van der Waals surface area contributed by atoms with Crippen LogP contribution in [0.1, 0.15) is 24.0 Å². The van der Waals surface area contributed by atoms with Crippen molar-refractivity contribution >= 4 is 46.3 Å². The first kappa shape index (κ1) is 18.1. The Labute approximate surface area is 153 Å². The van der Waals surface area contributed by atoms with Crippen LogP contribution >= 0.6 is 22.6 Å². The largest absolute Gasteiger partial charge is 0.326 e. The molecule has 0 spiro atoms. The molecule has 0 aliphatic rings. The molecule has 2 rings (SSSR count). The molecule has 0 fully saturated rings. The SMILES string of the molecule is Cc1cc(I)ccc1NC(=O)CCC(=O)N/N=C/c1ccncc1. The van der Waals surface area contributed by atoms with Gasteiger partial charge in [0, 0.05) is 34.5 Å². The fourth-order valence-corrected chi connectivity index (χ4v) is 2.54. The molecule has 0 atom stereocenters. The Morgan fingerprint density at radius 2 is 1.88 bits per heavy atom. The predicted octanol–water partition coefficient (Wildman–Crippen LogP) is 2.86. The maximum Gasteiger partial charge on any atom is 0.240 e. The fourth-order valence-electron chi connectivity index (χ4n) is 1.89. The molecule has 6 nitrogen and oxygen atoms in total. The van der Waals surface area contributed by atoms with Crippen LogP contribution in [0, 0.1) is 10.5 Å². The number of hydrazone groups is 1. The number of pyridine rings is 1. The summed E-state index contributed by atoms with van der Waals surface area (Å²) in [5.74, 6) is -0.512. The zero-order valence-corrected chi connectivity index (χ0v) is 15.3. The van der Waals surface area contributed by atoms with Crippen molar-refractivity contribution < 1.29 is 9.59 Å². The van der Waals surface area contributed by atoms with Crippen molar-refractivity contribution in [1.82, 2.24) is 10.4 Å². The number of hydrogen-bond acceptors (Lipinski definition) is 4. The Balaban J connectivity index is 1.75. The molecule has 1 aromatic carbocycles. The van der Waals surface area contributed by atoms with Gasteiger partial charge in [0.25, 0.3) is 0 Å². The molecule has 1 aromatic heterocycles. The smallest absolute Gasteiger partial charge is 0.240 e. The highest BCUT2D eigenvalue weighted by Crippen LogP contribution is 2.17. The van der Waals surface area contributed by atoms with E-state index in [0.717, 1.165) is 20.4 Å². The molecule has 24 heavy (non-hydrogen) atoms. The van der Waals surface area contributed by atoms with E-state index >= 15 is 0 Å². The number of carbonyl (C=O) groups excluding carboxylic acids is 2. The van der Waals surface area contributed by atoms with Crippen LogP contribution in [0.2, 0.25) is 0 Å². The first-order valence-electron chi connectivity index (χ1n) is 7.32. The highest BCUT2D eigenvalue weighted by atomic mass is 127. The standard InChI is InChI=1S/C17H17IN4O2/c1-12-10-14(18)2-3-15(12)21-16(23)4-5-17(24)22-20-11-13-6-8-19-9-7-13/h2-3,6-11H,4-5H2,1H3,(H,21,23)(H,22,24)/b20-11+. The minimum Gasteiger partial charge on any atom is -0.326 e. The lowest BCUT2D eigenvalue weighted by atomic mass is 10.2. The second kappa shape index (κ2) is 9.11. The summed E-state index contributed by atoms with van der Waals surface area (Å²) in [6, 6.07) is 9.30. The van der Waals surface area contributed by atoms with Crippen LogP contribution in [0.15, 0.2) is 47.8 Å². The molecule has 0 radical (unpaired) electrons. The minimum absolute atomic E-state index is 0.0724. The molecule has 0 aliphatic heterocycles. The summed E-state index contributed by atoms with van der Waals surface area (Å²) in [4.78, 5) is 27.5. The lowest BCUT2D eigenvalue weighted by molar-refractivity contribution is -0.124. The monoisotopic (exact) mass is 436 g/mol. The van der Waals surface area contributed by atoms with Gasteiger partial charge in [-0.25, -0.2) is 5.43 Å². The van der Waals surface area contributed by atoms with Crippen LogP contribution in [0.25, 0.3) is 0 Å². The van der Waals surface area contributed by atoms with Crippen molar-refractivity contribution in [2.75, 3.05) is 5.32 Å². The first-order valence-corrected chi connectivity index (χ1v) is 8.40. The van der Waals surface area contributed by atoms with Crippen LogP contribution in [0.3, 0.4) is 0 Å². The number of anilines is 1. The molecular weight excluding hydrogens is 419 g/mol. The van der Waals surface area contributed by atoms with E-state index in [9.17, 15) is 9.59 Å². The van der Waals surface area contributed by atoms with Gasteiger partial charge in [-0.1, -0.05) is 0 Å². The maximum absolute atomic E-state index is 11.9. The molecule has 0 unspecified atom stereocenters. The number of benzene rings is 1. The number of carbonyl (C=O) groups is 2. The summed E-state index contributed by atoms with van der Waals surface area (Å²) in [6.45, 7) is 1.93. The third-order valence-electron chi connectivity index (χ3n) is 3.15. The van der Waals surface area contributed by atoms with E-state index in [1.54, 1.807) is 24.5 Å². The van der Waals surface area contributed by atoms with Gasteiger partial charge in [-0.3, -0.25) is 14.6 Å². The maximum atomic E-state index is 11.9. The molecule has 2 aromatic rings. The van der Waals surface area contributed by atoms with Crippen molar-refractivity contribution in [3.8, 4) is 0 Å². The molecule has 2 amide bonds. The van der Waals surface area contributed by atoms with E-state index in [-0.39, 0.29) is 24.7 Å².